The van der Waals surface area contributed by atoms with E-state index in [1.165, 1.54) is 0 Å². The number of fused-ring (bicyclic) bond motifs is 1. The number of aliphatic hydroxyl groups is 1. The number of nitrogens with zero attached hydrogens (tertiary/aromatic N) is 2. The number of aliphatic hydroxyl groups excluding tert-OH is 1. The second kappa shape index (κ2) is 7.92. The van der Waals surface area contributed by atoms with Crippen LogP contribution >= 0.6 is 7.82 Å². The lowest BCUT2D eigenvalue weighted by atomic mass is 9.69. The minimum absolute atomic E-state index is 0.0154. The van der Waals surface area contributed by atoms with Crippen molar-refractivity contribution in [3.05, 3.63) is 40.2 Å². The van der Waals surface area contributed by atoms with Crippen LogP contribution in [0, 0.1) is 18.8 Å². The molecule has 6 N–H and O–H groups in total. The minimum Gasteiger partial charge on any atom is -0.404 e. The number of nitrogen functional groups attached to an aromatic ring is 1. The van der Waals surface area contributed by atoms with Gasteiger partial charge in [0.15, 0.2) is 5.82 Å². The SMILES string of the molecule is Cc1ccc(OP(=O)(O)OC[C@H]2C[C@@H](N3CNc4c3nc(N)[nH]c4=O)[C@@H]2CO)cc1. The number of anilines is 3. The second-order valence-electron chi connectivity index (χ2n) is 7.53. The molecule has 2 aromatic rings. The van der Waals surface area contributed by atoms with Crippen LogP contribution in [0.25, 0.3) is 0 Å². The number of nitrogens with one attached hydrogen (secondary N) is 2. The number of hydrogen-bond donors (Lipinski definition) is 5. The molecule has 1 aromatic heterocycles. The molecule has 2 heterocycles. The Balaban J connectivity index is 1.38. The van der Waals surface area contributed by atoms with Crippen LogP contribution in [0.5, 0.6) is 5.75 Å². The quantitative estimate of drug-likeness (QED) is 0.396. The van der Waals surface area contributed by atoms with Crippen LogP contribution in [-0.4, -0.2) is 45.9 Å². The molecule has 4 atom stereocenters. The van der Waals surface area contributed by atoms with Crippen LogP contribution < -0.4 is 26.0 Å². The van der Waals surface area contributed by atoms with E-state index in [0.29, 0.717) is 24.6 Å². The summed E-state index contributed by atoms with van der Waals surface area (Å²) in [5, 5.41) is 12.8. The lowest BCUT2D eigenvalue weighted by Crippen LogP contribution is -2.55. The topological polar surface area (TPSA) is 163 Å². The summed E-state index contributed by atoms with van der Waals surface area (Å²) in [6.45, 7) is 2.08. The minimum atomic E-state index is -4.29. The number of H-pyrrole nitrogens is 1. The zero-order valence-corrected chi connectivity index (χ0v) is 17.2. The molecule has 0 spiro atoms. The summed E-state index contributed by atoms with van der Waals surface area (Å²) >= 11 is 0. The van der Waals surface area contributed by atoms with Gasteiger partial charge >= 0.3 is 7.82 Å². The molecule has 0 radical (unpaired) electrons. The molecule has 1 aromatic carbocycles. The Morgan fingerprint density at radius 2 is 2.10 bits per heavy atom. The van der Waals surface area contributed by atoms with Crippen LogP contribution in [0.4, 0.5) is 17.5 Å². The summed E-state index contributed by atoms with van der Waals surface area (Å²) in [6.07, 6.45) is 0.589. The monoisotopic (exact) mass is 437 g/mol. The molecule has 1 saturated carbocycles. The van der Waals surface area contributed by atoms with Gasteiger partial charge in [0, 0.05) is 18.6 Å². The molecule has 1 aliphatic carbocycles. The van der Waals surface area contributed by atoms with E-state index in [1.807, 2.05) is 11.8 Å². The number of aryl methyl sites for hydroxylation is 1. The van der Waals surface area contributed by atoms with E-state index in [2.05, 4.69) is 15.3 Å². The van der Waals surface area contributed by atoms with Gasteiger partial charge < -0.3 is 25.6 Å². The van der Waals surface area contributed by atoms with Crippen LogP contribution in [0.2, 0.25) is 0 Å². The Morgan fingerprint density at radius 3 is 2.80 bits per heavy atom. The molecular formula is C18H24N5O6P. The molecule has 11 nitrogen and oxygen atoms in total. The number of benzene rings is 1. The number of rotatable bonds is 7. The van der Waals surface area contributed by atoms with Crippen molar-refractivity contribution in [2.45, 2.75) is 19.4 Å². The molecule has 2 aliphatic rings. The van der Waals surface area contributed by atoms with E-state index in [0.717, 1.165) is 5.56 Å². The average Bonchev–Trinajstić information content (AvgIpc) is 3.06. The highest BCUT2D eigenvalue weighted by atomic mass is 31.2. The molecule has 30 heavy (non-hydrogen) atoms. The normalized spacial score (nSPS) is 24.5. The Labute approximate surface area is 172 Å². The zero-order chi connectivity index (χ0) is 21.5. The number of aromatic amines is 1. The number of phosphoric acid groups is 1. The maximum absolute atomic E-state index is 12.3. The van der Waals surface area contributed by atoms with Gasteiger partial charge in [-0.1, -0.05) is 17.7 Å². The van der Waals surface area contributed by atoms with Gasteiger partial charge in [-0.2, -0.15) is 4.98 Å². The number of nitrogens with two attached hydrogens (primary N) is 1. The predicted octanol–water partition coefficient (Wildman–Crippen LogP) is 1.04. The van der Waals surface area contributed by atoms with Crippen molar-refractivity contribution in [3.8, 4) is 5.75 Å². The molecule has 1 fully saturated rings. The first-order valence-corrected chi connectivity index (χ1v) is 11.0. The lowest BCUT2D eigenvalue weighted by Gasteiger charge is -2.48. The fourth-order valence-electron chi connectivity index (χ4n) is 3.91. The highest BCUT2D eigenvalue weighted by Crippen LogP contribution is 2.48. The van der Waals surface area contributed by atoms with Crippen LogP contribution in [-0.2, 0) is 9.09 Å². The second-order valence-corrected chi connectivity index (χ2v) is 8.91. The van der Waals surface area contributed by atoms with Crippen LogP contribution in [0.3, 0.4) is 0 Å². The third kappa shape index (κ3) is 4.01. The molecule has 12 heteroatoms. The number of aromatic nitrogens is 2. The van der Waals surface area contributed by atoms with Gasteiger partial charge in [0.1, 0.15) is 11.4 Å². The van der Waals surface area contributed by atoms with E-state index in [4.69, 9.17) is 14.8 Å². The Morgan fingerprint density at radius 1 is 1.37 bits per heavy atom. The van der Waals surface area contributed by atoms with Crippen molar-refractivity contribution in [1.29, 1.82) is 0 Å². The van der Waals surface area contributed by atoms with Gasteiger partial charge in [0.2, 0.25) is 5.95 Å². The van der Waals surface area contributed by atoms with E-state index >= 15 is 0 Å². The molecular weight excluding hydrogens is 413 g/mol. The lowest BCUT2D eigenvalue weighted by molar-refractivity contribution is 0.0217. The Hall–Kier alpha value is -2.59. The van der Waals surface area contributed by atoms with Crippen LogP contribution in [0.1, 0.15) is 12.0 Å². The summed E-state index contributed by atoms with van der Waals surface area (Å²) < 4.78 is 22.5. The summed E-state index contributed by atoms with van der Waals surface area (Å²) in [7, 11) is -4.29. The molecule has 0 bridgehead atoms. The fraction of sp³-hybridized carbons (Fsp3) is 0.444. The van der Waals surface area contributed by atoms with Gasteiger partial charge in [-0.05, 0) is 31.4 Å². The maximum atomic E-state index is 12.3. The van der Waals surface area contributed by atoms with E-state index in [9.17, 15) is 19.4 Å². The molecule has 1 unspecified atom stereocenters. The van der Waals surface area contributed by atoms with E-state index < -0.39 is 7.82 Å². The summed E-state index contributed by atoms with van der Waals surface area (Å²) in [5.74, 6) is 0.325. The van der Waals surface area contributed by atoms with E-state index in [1.54, 1.807) is 24.3 Å². The van der Waals surface area contributed by atoms with Gasteiger partial charge in [0.25, 0.3) is 5.56 Å². The molecule has 162 valence electrons. The van der Waals surface area contributed by atoms with Gasteiger partial charge in [-0.3, -0.25) is 19.2 Å². The van der Waals surface area contributed by atoms with Crippen molar-refractivity contribution in [3.63, 3.8) is 0 Å². The molecule has 0 amide bonds. The van der Waals surface area contributed by atoms with Crippen LogP contribution in [0.15, 0.2) is 29.1 Å². The maximum Gasteiger partial charge on any atom is 0.527 e. The summed E-state index contributed by atoms with van der Waals surface area (Å²) in [5.41, 5.74) is 6.64. The van der Waals surface area contributed by atoms with Crippen molar-refractivity contribution < 1.29 is 23.6 Å². The standard InChI is InChI=1S/C18H24N5O6P/c1-10-2-4-12(5-3-10)29-30(26,27)28-8-11-6-14(13(11)7-24)23-9-20-15-16(23)21-18(19)22-17(15)25/h2-5,11,13-14,20,24H,6-9H2,1H3,(H,26,27)(H3,19,21,22,25)/t11-,13-,14-/m1/s1. The summed E-state index contributed by atoms with van der Waals surface area (Å²) in [4.78, 5) is 30.5. The molecule has 1 aliphatic heterocycles. The first-order valence-electron chi connectivity index (χ1n) is 9.52. The fourth-order valence-corrected chi connectivity index (χ4v) is 4.73. The van der Waals surface area contributed by atoms with Gasteiger partial charge in [0.05, 0.1) is 13.3 Å². The Bertz CT molecular complexity index is 1030. The van der Waals surface area contributed by atoms with Crippen molar-refractivity contribution in [2.75, 3.05) is 35.8 Å². The molecule has 0 saturated heterocycles. The number of hydrogen-bond acceptors (Lipinski definition) is 9. The van der Waals surface area contributed by atoms with Crippen molar-refractivity contribution in [1.82, 2.24) is 9.97 Å². The van der Waals surface area contributed by atoms with Gasteiger partial charge in [-0.15, -0.1) is 0 Å². The zero-order valence-electron chi connectivity index (χ0n) is 16.3. The first-order chi connectivity index (χ1) is 14.3. The smallest absolute Gasteiger partial charge is 0.404 e. The Kier molecular flexibility index (Phi) is 5.46. The highest BCUT2D eigenvalue weighted by molar-refractivity contribution is 7.47. The van der Waals surface area contributed by atoms with Crippen molar-refractivity contribution in [2.24, 2.45) is 11.8 Å². The first kappa shape index (κ1) is 20.7. The van der Waals surface area contributed by atoms with E-state index in [-0.39, 0.29) is 48.3 Å². The third-order valence-corrected chi connectivity index (χ3v) is 6.48. The third-order valence-electron chi connectivity index (χ3n) is 5.57. The van der Waals surface area contributed by atoms with Crippen molar-refractivity contribution >= 4 is 25.3 Å². The largest absolute Gasteiger partial charge is 0.527 e. The molecule has 4 rings (SSSR count). The average molecular weight is 437 g/mol. The summed E-state index contributed by atoms with van der Waals surface area (Å²) in [6, 6.07) is 6.61. The van der Waals surface area contributed by atoms with Gasteiger partial charge in [-0.25, -0.2) is 4.57 Å². The number of phosphoric ester groups is 1. The predicted molar refractivity (Wildman–Crippen MR) is 110 cm³/mol. The highest BCUT2D eigenvalue weighted by Gasteiger charge is 2.47.